The monoisotopic (exact) mass is 409 g/mol. The lowest BCUT2D eigenvalue weighted by Gasteiger charge is -2.21. The van der Waals surface area contributed by atoms with Gasteiger partial charge in [-0.15, -0.1) is 0 Å². The van der Waals surface area contributed by atoms with Gasteiger partial charge in [-0.05, 0) is 44.1 Å². The highest BCUT2D eigenvalue weighted by molar-refractivity contribution is 7.89. The fraction of sp³-hybridized carbons (Fsp3) is 0.562. The van der Waals surface area contributed by atoms with E-state index >= 15 is 0 Å². The molecule has 0 aliphatic carbocycles. The van der Waals surface area contributed by atoms with Crippen LogP contribution in [0.15, 0.2) is 18.2 Å². The minimum Gasteiger partial charge on any atom is -0.324 e. The van der Waals surface area contributed by atoms with Crippen LogP contribution in [-0.2, 0) is 14.8 Å². The van der Waals surface area contributed by atoms with Gasteiger partial charge in [-0.1, -0.05) is 30.1 Å². The van der Waals surface area contributed by atoms with Crippen LogP contribution in [0.1, 0.15) is 19.8 Å². The SMILES string of the molecule is CCCN(CCCS(=O)(=O)N(C)C)CC(=O)Nc1ccc(Cl)cc1Cl. The van der Waals surface area contributed by atoms with Crippen LogP contribution < -0.4 is 5.32 Å². The van der Waals surface area contributed by atoms with Crippen molar-refractivity contribution in [3.63, 3.8) is 0 Å². The smallest absolute Gasteiger partial charge is 0.238 e. The number of hydrogen-bond donors (Lipinski definition) is 1. The number of benzene rings is 1. The number of carbonyl (C=O) groups excluding carboxylic acids is 1. The van der Waals surface area contributed by atoms with E-state index in [-0.39, 0.29) is 18.2 Å². The first-order chi connectivity index (χ1) is 11.7. The van der Waals surface area contributed by atoms with Gasteiger partial charge in [-0.2, -0.15) is 0 Å². The third kappa shape index (κ3) is 7.92. The fourth-order valence-electron chi connectivity index (χ4n) is 2.22. The molecule has 0 saturated carbocycles. The highest BCUT2D eigenvalue weighted by Gasteiger charge is 2.16. The molecular weight excluding hydrogens is 385 g/mol. The number of anilines is 1. The first kappa shape index (κ1) is 22.2. The minimum absolute atomic E-state index is 0.0604. The van der Waals surface area contributed by atoms with Crippen molar-refractivity contribution >= 4 is 44.8 Å². The topological polar surface area (TPSA) is 69.7 Å². The molecule has 0 fully saturated rings. The molecule has 0 atom stereocenters. The van der Waals surface area contributed by atoms with Crippen LogP contribution in [0.25, 0.3) is 0 Å². The van der Waals surface area contributed by atoms with E-state index in [9.17, 15) is 13.2 Å². The normalized spacial score (nSPS) is 12.0. The zero-order valence-electron chi connectivity index (χ0n) is 14.8. The number of nitrogens with zero attached hydrogens (tertiary/aromatic N) is 2. The van der Waals surface area contributed by atoms with Crippen molar-refractivity contribution in [2.45, 2.75) is 19.8 Å². The highest BCUT2D eigenvalue weighted by Crippen LogP contribution is 2.25. The van der Waals surface area contributed by atoms with Crippen molar-refractivity contribution in [1.29, 1.82) is 0 Å². The molecule has 1 rings (SSSR count). The molecule has 1 aromatic rings. The molecule has 9 heteroatoms. The fourth-order valence-corrected chi connectivity index (χ4v) is 3.54. The van der Waals surface area contributed by atoms with Gasteiger partial charge in [0.25, 0.3) is 0 Å². The molecule has 0 heterocycles. The summed E-state index contributed by atoms with van der Waals surface area (Å²) in [6, 6.07) is 4.87. The maximum atomic E-state index is 12.2. The Balaban J connectivity index is 2.57. The molecule has 0 aliphatic heterocycles. The van der Waals surface area contributed by atoms with Gasteiger partial charge < -0.3 is 5.32 Å². The van der Waals surface area contributed by atoms with Crippen LogP contribution in [0.3, 0.4) is 0 Å². The molecule has 0 aliphatic rings. The summed E-state index contributed by atoms with van der Waals surface area (Å²) in [5.74, 6) is -0.140. The van der Waals surface area contributed by atoms with Gasteiger partial charge >= 0.3 is 0 Å². The van der Waals surface area contributed by atoms with E-state index in [4.69, 9.17) is 23.2 Å². The maximum absolute atomic E-state index is 12.2. The lowest BCUT2D eigenvalue weighted by molar-refractivity contribution is -0.117. The van der Waals surface area contributed by atoms with Crippen molar-refractivity contribution in [3.05, 3.63) is 28.2 Å². The number of sulfonamides is 1. The minimum atomic E-state index is -3.22. The van der Waals surface area contributed by atoms with Crippen LogP contribution in [0, 0.1) is 0 Å². The Morgan fingerprint density at radius 1 is 1.20 bits per heavy atom. The molecule has 25 heavy (non-hydrogen) atoms. The molecule has 0 spiro atoms. The van der Waals surface area contributed by atoms with Gasteiger partial charge in [0.2, 0.25) is 15.9 Å². The Morgan fingerprint density at radius 2 is 1.88 bits per heavy atom. The largest absolute Gasteiger partial charge is 0.324 e. The second kappa shape index (κ2) is 10.3. The molecule has 1 amide bonds. The molecule has 0 unspecified atom stereocenters. The second-order valence-corrected chi connectivity index (χ2v) is 9.05. The molecule has 1 aromatic carbocycles. The Bertz CT molecular complexity index is 681. The summed E-state index contributed by atoms with van der Waals surface area (Å²) in [5, 5.41) is 3.63. The molecule has 142 valence electrons. The van der Waals surface area contributed by atoms with E-state index in [1.165, 1.54) is 18.4 Å². The van der Waals surface area contributed by atoms with Crippen LogP contribution in [0.2, 0.25) is 10.0 Å². The Labute approximate surface area is 160 Å². The van der Waals surface area contributed by atoms with E-state index in [1.54, 1.807) is 18.2 Å². The van der Waals surface area contributed by atoms with Crippen LogP contribution >= 0.6 is 23.2 Å². The average molecular weight is 410 g/mol. The van der Waals surface area contributed by atoms with Crippen molar-refractivity contribution in [3.8, 4) is 0 Å². The second-order valence-electron chi connectivity index (χ2n) is 5.90. The van der Waals surface area contributed by atoms with Crippen LogP contribution in [0.5, 0.6) is 0 Å². The first-order valence-corrected chi connectivity index (χ1v) is 10.4. The summed E-state index contributed by atoms with van der Waals surface area (Å²) in [6.45, 7) is 3.43. The number of halogens is 2. The van der Waals surface area contributed by atoms with Gasteiger partial charge in [0.05, 0.1) is 23.0 Å². The predicted octanol–water partition coefficient (Wildman–Crippen LogP) is 2.93. The number of amides is 1. The lowest BCUT2D eigenvalue weighted by atomic mass is 10.3. The molecule has 0 radical (unpaired) electrons. The summed E-state index contributed by atoms with van der Waals surface area (Å²) in [7, 11) is -0.187. The van der Waals surface area contributed by atoms with Crippen LogP contribution in [0.4, 0.5) is 5.69 Å². The van der Waals surface area contributed by atoms with E-state index in [0.717, 1.165) is 6.42 Å². The Morgan fingerprint density at radius 3 is 2.44 bits per heavy atom. The zero-order chi connectivity index (χ0) is 19.0. The maximum Gasteiger partial charge on any atom is 0.238 e. The van der Waals surface area contributed by atoms with Crippen LogP contribution in [-0.4, -0.2) is 63.0 Å². The third-order valence-electron chi connectivity index (χ3n) is 3.55. The van der Waals surface area contributed by atoms with E-state index in [0.29, 0.717) is 35.2 Å². The van der Waals surface area contributed by atoms with E-state index in [2.05, 4.69) is 5.32 Å². The first-order valence-electron chi connectivity index (χ1n) is 8.03. The number of carbonyl (C=O) groups is 1. The summed E-state index contributed by atoms with van der Waals surface area (Å²) >= 11 is 11.9. The molecule has 6 nitrogen and oxygen atoms in total. The number of rotatable bonds is 10. The van der Waals surface area contributed by atoms with Gasteiger partial charge in [0.15, 0.2) is 0 Å². The van der Waals surface area contributed by atoms with E-state index < -0.39 is 10.0 Å². The molecule has 0 saturated heterocycles. The van der Waals surface area contributed by atoms with Crippen molar-refractivity contribution < 1.29 is 13.2 Å². The summed E-state index contributed by atoms with van der Waals surface area (Å²) < 4.78 is 24.8. The molecule has 1 N–H and O–H groups in total. The summed E-state index contributed by atoms with van der Waals surface area (Å²) in [5.41, 5.74) is 0.503. The highest BCUT2D eigenvalue weighted by atomic mass is 35.5. The van der Waals surface area contributed by atoms with Gasteiger partial charge in [0, 0.05) is 19.1 Å². The predicted molar refractivity (Wildman–Crippen MR) is 104 cm³/mol. The zero-order valence-corrected chi connectivity index (χ0v) is 17.1. The quantitative estimate of drug-likeness (QED) is 0.644. The standard InChI is InChI=1S/C16H25Cl2N3O3S/c1-4-8-21(9-5-10-25(23,24)20(2)3)12-16(22)19-15-7-6-13(17)11-14(15)18/h6-7,11H,4-5,8-10,12H2,1-3H3,(H,19,22). The number of hydrogen-bond acceptors (Lipinski definition) is 4. The van der Waals surface area contributed by atoms with Crippen molar-refractivity contribution in [2.75, 3.05) is 44.8 Å². The third-order valence-corrected chi connectivity index (χ3v) is 6.01. The van der Waals surface area contributed by atoms with Crippen molar-refractivity contribution in [2.24, 2.45) is 0 Å². The van der Waals surface area contributed by atoms with Gasteiger partial charge in [-0.3, -0.25) is 9.69 Å². The average Bonchev–Trinajstić information content (AvgIpc) is 2.50. The summed E-state index contributed by atoms with van der Waals surface area (Å²) in [4.78, 5) is 14.2. The molecular formula is C16H25Cl2N3O3S. The Hall–Kier alpha value is -0.860. The number of nitrogens with one attached hydrogen (secondary N) is 1. The molecule has 0 aromatic heterocycles. The van der Waals surface area contributed by atoms with Crippen molar-refractivity contribution in [1.82, 2.24) is 9.21 Å². The Kier molecular flexibility index (Phi) is 9.16. The summed E-state index contributed by atoms with van der Waals surface area (Å²) in [6.07, 6.45) is 1.34. The lowest BCUT2D eigenvalue weighted by Crippen LogP contribution is -2.36. The van der Waals surface area contributed by atoms with Gasteiger partial charge in [-0.25, -0.2) is 12.7 Å². The molecule has 0 bridgehead atoms. The van der Waals surface area contributed by atoms with E-state index in [1.807, 2.05) is 11.8 Å². The van der Waals surface area contributed by atoms with Gasteiger partial charge in [0.1, 0.15) is 0 Å².